The number of amides is 1. The maximum absolute atomic E-state index is 12.0. The first-order valence-electron chi connectivity index (χ1n) is 5.42. The molecule has 0 aliphatic heterocycles. The Balaban J connectivity index is 3.60. The van der Waals surface area contributed by atoms with Gasteiger partial charge in [0.05, 0.1) is 14.2 Å². The van der Waals surface area contributed by atoms with Crippen molar-refractivity contribution in [3.8, 4) is 11.5 Å². The van der Waals surface area contributed by atoms with Gasteiger partial charge in [-0.05, 0) is 19.1 Å². The van der Waals surface area contributed by atoms with Crippen LogP contribution in [0.5, 0.6) is 11.5 Å². The van der Waals surface area contributed by atoms with E-state index in [9.17, 15) is 13.2 Å². The summed E-state index contributed by atoms with van der Waals surface area (Å²) in [6.07, 6.45) is 0. The van der Waals surface area contributed by atoms with E-state index < -0.39 is 15.9 Å². The summed E-state index contributed by atoms with van der Waals surface area (Å²) in [4.78, 5) is 11.7. The topological polar surface area (TPSA) is 108 Å². The molecule has 0 aliphatic carbocycles. The number of hydrogen-bond acceptors (Lipinski definition) is 5. The van der Waals surface area contributed by atoms with Crippen molar-refractivity contribution in [2.45, 2.75) is 11.8 Å². The molecule has 1 aromatic rings. The molecule has 0 atom stereocenters. The van der Waals surface area contributed by atoms with Gasteiger partial charge in [0.1, 0.15) is 16.2 Å². The molecular weight excluding hydrogens is 272 g/mol. The number of carbonyl (C=O) groups excluding carboxylic acids is 1. The SMILES string of the molecule is CCNC(=O)c1c(OC)ccc(S(N)(=O)=O)c1OC. The van der Waals surface area contributed by atoms with E-state index in [1.807, 2.05) is 0 Å². The smallest absolute Gasteiger partial charge is 0.258 e. The summed E-state index contributed by atoms with van der Waals surface area (Å²) >= 11 is 0. The molecule has 1 amide bonds. The predicted molar refractivity (Wildman–Crippen MR) is 68.9 cm³/mol. The number of primary sulfonamides is 1. The second kappa shape index (κ2) is 5.89. The minimum absolute atomic E-state index is 0.00150. The molecule has 0 heterocycles. The fourth-order valence-electron chi connectivity index (χ4n) is 1.61. The molecule has 0 radical (unpaired) electrons. The van der Waals surface area contributed by atoms with E-state index in [2.05, 4.69) is 5.32 Å². The van der Waals surface area contributed by atoms with Crippen molar-refractivity contribution in [2.75, 3.05) is 20.8 Å². The first-order valence-corrected chi connectivity index (χ1v) is 6.97. The van der Waals surface area contributed by atoms with Gasteiger partial charge in [-0.25, -0.2) is 13.6 Å². The Morgan fingerprint density at radius 3 is 2.37 bits per heavy atom. The predicted octanol–water partition coefficient (Wildman–Crippen LogP) is 0.101. The Kier molecular flexibility index (Phi) is 4.73. The molecule has 106 valence electrons. The third-order valence-electron chi connectivity index (χ3n) is 2.38. The van der Waals surface area contributed by atoms with E-state index in [1.54, 1.807) is 6.92 Å². The normalized spacial score (nSPS) is 10.9. The van der Waals surface area contributed by atoms with Crippen molar-refractivity contribution >= 4 is 15.9 Å². The molecule has 0 aromatic heterocycles. The lowest BCUT2D eigenvalue weighted by molar-refractivity contribution is 0.0949. The summed E-state index contributed by atoms with van der Waals surface area (Å²) in [6, 6.07) is 2.59. The van der Waals surface area contributed by atoms with Crippen LogP contribution in [0.3, 0.4) is 0 Å². The second-order valence-electron chi connectivity index (χ2n) is 3.58. The average Bonchev–Trinajstić information content (AvgIpc) is 2.35. The van der Waals surface area contributed by atoms with Crippen molar-refractivity contribution in [3.05, 3.63) is 17.7 Å². The minimum atomic E-state index is -4.00. The third-order valence-corrected chi connectivity index (χ3v) is 3.31. The van der Waals surface area contributed by atoms with Crippen LogP contribution in [-0.4, -0.2) is 35.1 Å². The van der Waals surface area contributed by atoms with Crippen molar-refractivity contribution in [1.82, 2.24) is 5.32 Å². The number of rotatable bonds is 5. The first-order chi connectivity index (χ1) is 8.86. The number of hydrogen-bond donors (Lipinski definition) is 2. The number of carbonyl (C=O) groups is 1. The van der Waals surface area contributed by atoms with E-state index in [4.69, 9.17) is 14.6 Å². The van der Waals surface area contributed by atoms with Crippen molar-refractivity contribution < 1.29 is 22.7 Å². The molecule has 0 saturated carbocycles. The van der Waals surface area contributed by atoms with E-state index in [1.165, 1.54) is 26.4 Å². The third kappa shape index (κ3) is 3.15. The van der Waals surface area contributed by atoms with E-state index in [0.717, 1.165) is 0 Å². The fraction of sp³-hybridized carbons (Fsp3) is 0.364. The molecule has 0 aliphatic rings. The van der Waals surface area contributed by atoms with Crippen molar-refractivity contribution in [3.63, 3.8) is 0 Å². The summed E-state index contributed by atoms with van der Waals surface area (Å²) < 4.78 is 33.0. The van der Waals surface area contributed by atoms with Crippen LogP contribution in [0.2, 0.25) is 0 Å². The van der Waals surface area contributed by atoms with Gasteiger partial charge >= 0.3 is 0 Å². The van der Waals surface area contributed by atoms with E-state index in [-0.39, 0.29) is 22.0 Å². The molecule has 0 saturated heterocycles. The van der Waals surface area contributed by atoms with Gasteiger partial charge in [0.2, 0.25) is 10.0 Å². The Morgan fingerprint density at radius 1 is 1.32 bits per heavy atom. The summed E-state index contributed by atoms with van der Waals surface area (Å²) in [6.45, 7) is 2.12. The Hall–Kier alpha value is -1.80. The highest BCUT2D eigenvalue weighted by molar-refractivity contribution is 7.89. The van der Waals surface area contributed by atoms with Crippen LogP contribution in [0, 0.1) is 0 Å². The Labute approximate surface area is 111 Å². The fourth-order valence-corrected chi connectivity index (χ4v) is 2.31. The largest absolute Gasteiger partial charge is 0.496 e. The molecule has 0 spiro atoms. The van der Waals surface area contributed by atoms with Gasteiger partial charge in [-0.3, -0.25) is 4.79 Å². The lowest BCUT2D eigenvalue weighted by Crippen LogP contribution is -2.25. The highest BCUT2D eigenvalue weighted by Crippen LogP contribution is 2.34. The summed E-state index contributed by atoms with van der Waals surface area (Å²) in [5, 5.41) is 7.64. The zero-order valence-electron chi connectivity index (χ0n) is 10.9. The lowest BCUT2D eigenvalue weighted by Gasteiger charge is -2.15. The van der Waals surface area contributed by atoms with Gasteiger partial charge in [-0.1, -0.05) is 0 Å². The number of methoxy groups -OCH3 is 2. The quantitative estimate of drug-likeness (QED) is 0.799. The number of benzene rings is 1. The number of nitrogens with one attached hydrogen (secondary N) is 1. The minimum Gasteiger partial charge on any atom is -0.496 e. The van der Waals surface area contributed by atoms with Crippen LogP contribution >= 0.6 is 0 Å². The van der Waals surface area contributed by atoms with Crippen LogP contribution < -0.4 is 19.9 Å². The maximum Gasteiger partial charge on any atom is 0.258 e. The van der Waals surface area contributed by atoms with Crippen LogP contribution in [-0.2, 0) is 10.0 Å². The molecular formula is C11H16N2O5S. The molecule has 0 unspecified atom stereocenters. The second-order valence-corrected chi connectivity index (χ2v) is 5.11. The number of nitrogens with two attached hydrogens (primary N) is 1. The van der Waals surface area contributed by atoms with Crippen molar-refractivity contribution in [1.29, 1.82) is 0 Å². The molecule has 0 bridgehead atoms. The standard InChI is InChI=1S/C11H16N2O5S/c1-4-13-11(14)9-7(17-2)5-6-8(10(9)18-3)19(12,15)16/h5-6H,4H2,1-3H3,(H,13,14)(H2,12,15,16). The van der Waals surface area contributed by atoms with Crippen molar-refractivity contribution in [2.24, 2.45) is 5.14 Å². The van der Waals surface area contributed by atoms with Crippen LogP contribution in [0.15, 0.2) is 17.0 Å². The van der Waals surface area contributed by atoms with Gasteiger partial charge in [0.25, 0.3) is 5.91 Å². The van der Waals surface area contributed by atoms with Gasteiger partial charge < -0.3 is 14.8 Å². The molecule has 1 rings (SSSR count). The number of ether oxygens (including phenoxy) is 2. The first kappa shape index (κ1) is 15.3. The lowest BCUT2D eigenvalue weighted by atomic mass is 10.1. The van der Waals surface area contributed by atoms with Crippen LogP contribution in [0.25, 0.3) is 0 Å². The summed E-state index contributed by atoms with van der Waals surface area (Å²) in [5.41, 5.74) is -0.00150. The summed E-state index contributed by atoms with van der Waals surface area (Å²) in [5.74, 6) is -0.426. The maximum atomic E-state index is 12.0. The molecule has 19 heavy (non-hydrogen) atoms. The molecule has 1 aromatic carbocycles. The van der Waals surface area contributed by atoms with Gasteiger partial charge in [-0.15, -0.1) is 0 Å². The molecule has 3 N–H and O–H groups in total. The monoisotopic (exact) mass is 288 g/mol. The molecule has 0 fully saturated rings. The number of sulfonamides is 1. The van der Waals surface area contributed by atoms with E-state index in [0.29, 0.717) is 6.54 Å². The van der Waals surface area contributed by atoms with Gasteiger partial charge in [0.15, 0.2) is 5.75 Å². The molecule has 7 nitrogen and oxygen atoms in total. The zero-order valence-corrected chi connectivity index (χ0v) is 11.7. The van der Waals surface area contributed by atoms with Gasteiger partial charge in [0, 0.05) is 6.54 Å². The highest BCUT2D eigenvalue weighted by Gasteiger charge is 2.25. The molecule has 8 heteroatoms. The zero-order chi connectivity index (χ0) is 14.6. The van der Waals surface area contributed by atoms with Gasteiger partial charge in [-0.2, -0.15) is 0 Å². The van der Waals surface area contributed by atoms with Crippen LogP contribution in [0.1, 0.15) is 17.3 Å². The van der Waals surface area contributed by atoms with Crippen LogP contribution in [0.4, 0.5) is 0 Å². The highest BCUT2D eigenvalue weighted by atomic mass is 32.2. The Morgan fingerprint density at radius 2 is 1.95 bits per heavy atom. The average molecular weight is 288 g/mol. The Bertz CT molecular complexity index is 583. The van der Waals surface area contributed by atoms with E-state index >= 15 is 0 Å². The summed E-state index contributed by atoms with van der Waals surface area (Å²) in [7, 11) is -1.38.